The van der Waals surface area contributed by atoms with E-state index in [4.69, 9.17) is 0 Å². The zero-order valence-electron chi connectivity index (χ0n) is 17.0. The molecule has 1 fully saturated rings. The van der Waals surface area contributed by atoms with Gasteiger partial charge in [0.1, 0.15) is 0 Å². The average molecular weight is 366 g/mol. The zero-order valence-corrected chi connectivity index (χ0v) is 17.0. The molecule has 3 rings (SSSR count). The van der Waals surface area contributed by atoms with Crippen LogP contribution in [-0.4, -0.2) is 67.9 Å². The second kappa shape index (κ2) is 8.68. The SMILES string of the molecule is CN(C)C(=O)Cc1cccc(-c2ccc(CN3CCC(N(C)C)C3)cc2)c1. The number of nitrogens with zero attached hydrogens (tertiary/aromatic N) is 3. The summed E-state index contributed by atoms with van der Waals surface area (Å²) in [6.07, 6.45) is 1.70. The molecular formula is C23H31N3O. The van der Waals surface area contributed by atoms with Gasteiger partial charge < -0.3 is 9.80 Å². The van der Waals surface area contributed by atoms with Crippen molar-refractivity contribution in [2.24, 2.45) is 0 Å². The van der Waals surface area contributed by atoms with Gasteiger partial charge in [-0.3, -0.25) is 9.69 Å². The second-order valence-corrected chi connectivity index (χ2v) is 8.00. The van der Waals surface area contributed by atoms with Crippen LogP contribution in [0.3, 0.4) is 0 Å². The van der Waals surface area contributed by atoms with E-state index in [1.54, 1.807) is 19.0 Å². The Hall–Kier alpha value is -2.17. The highest BCUT2D eigenvalue weighted by atomic mass is 16.2. The van der Waals surface area contributed by atoms with Gasteiger partial charge in [-0.1, -0.05) is 48.5 Å². The Morgan fingerprint density at radius 3 is 2.37 bits per heavy atom. The van der Waals surface area contributed by atoms with Crippen molar-refractivity contribution in [1.29, 1.82) is 0 Å². The quantitative estimate of drug-likeness (QED) is 0.787. The molecule has 144 valence electrons. The van der Waals surface area contributed by atoms with E-state index in [-0.39, 0.29) is 5.91 Å². The molecule has 27 heavy (non-hydrogen) atoms. The van der Waals surface area contributed by atoms with Crippen LogP contribution in [0.5, 0.6) is 0 Å². The van der Waals surface area contributed by atoms with Crippen LogP contribution in [0.15, 0.2) is 48.5 Å². The molecule has 0 aromatic heterocycles. The van der Waals surface area contributed by atoms with Gasteiger partial charge in [0.05, 0.1) is 6.42 Å². The lowest BCUT2D eigenvalue weighted by Gasteiger charge is -2.20. The molecule has 0 saturated carbocycles. The maximum absolute atomic E-state index is 12.0. The summed E-state index contributed by atoms with van der Waals surface area (Å²) in [6, 6.07) is 17.8. The third kappa shape index (κ3) is 5.18. The summed E-state index contributed by atoms with van der Waals surface area (Å²) in [5.41, 5.74) is 4.78. The molecule has 1 aliphatic heterocycles. The molecule has 0 spiro atoms. The molecule has 4 heteroatoms. The maximum atomic E-state index is 12.0. The Morgan fingerprint density at radius 1 is 1.00 bits per heavy atom. The van der Waals surface area contributed by atoms with Crippen molar-refractivity contribution in [3.63, 3.8) is 0 Å². The number of benzene rings is 2. The highest BCUT2D eigenvalue weighted by Crippen LogP contribution is 2.23. The van der Waals surface area contributed by atoms with Crippen LogP contribution in [0, 0.1) is 0 Å². The lowest BCUT2D eigenvalue weighted by molar-refractivity contribution is -0.127. The summed E-state index contributed by atoms with van der Waals surface area (Å²) in [7, 11) is 7.93. The molecule has 1 atom stereocenters. The molecule has 0 bridgehead atoms. The van der Waals surface area contributed by atoms with Gasteiger partial charge >= 0.3 is 0 Å². The van der Waals surface area contributed by atoms with Gasteiger partial charge in [-0.25, -0.2) is 0 Å². The third-order valence-electron chi connectivity index (χ3n) is 5.45. The summed E-state index contributed by atoms with van der Waals surface area (Å²) < 4.78 is 0. The Kier molecular flexibility index (Phi) is 6.30. The molecule has 1 aliphatic rings. The van der Waals surface area contributed by atoms with Gasteiger partial charge in [0.2, 0.25) is 5.91 Å². The van der Waals surface area contributed by atoms with Gasteiger partial charge in [-0.2, -0.15) is 0 Å². The van der Waals surface area contributed by atoms with Crippen molar-refractivity contribution in [1.82, 2.24) is 14.7 Å². The zero-order chi connectivity index (χ0) is 19.4. The molecule has 1 amide bonds. The van der Waals surface area contributed by atoms with E-state index >= 15 is 0 Å². The highest BCUT2D eigenvalue weighted by molar-refractivity contribution is 5.79. The van der Waals surface area contributed by atoms with Crippen LogP contribution in [-0.2, 0) is 17.8 Å². The molecule has 1 unspecified atom stereocenters. The number of carbonyl (C=O) groups excluding carboxylic acids is 1. The van der Waals surface area contributed by atoms with E-state index in [0.29, 0.717) is 12.5 Å². The van der Waals surface area contributed by atoms with Gasteiger partial charge in [-0.15, -0.1) is 0 Å². The normalized spacial score (nSPS) is 17.4. The fraction of sp³-hybridized carbons (Fsp3) is 0.435. The van der Waals surface area contributed by atoms with Crippen LogP contribution < -0.4 is 0 Å². The number of likely N-dealkylation sites (N-methyl/N-ethyl adjacent to an activating group) is 2. The monoisotopic (exact) mass is 365 g/mol. The third-order valence-corrected chi connectivity index (χ3v) is 5.45. The summed E-state index contributed by atoms with van der Waals surface area (Å²) in [5, 5.41) is 0. The summed E-state index contributed by atoms with van der Waals surface area (Å²) in [5.74, 6) is 0.129. The van der Waals surface area contributed by atoms with E-state index < -0.39 is 0 Å². The van der Waals surface area contributed by atoms with Crippen molar-refractivity contribution in [2.75, 3.05) is 41.3 Å². The fourth-order valence-corrected chi connectivity index (χ4v) is 3.63. The first-order chi connectivity index (χ1) is 12.9. The molecule has 4 nitrogen and oxygen atoms in total. The van der Waals surface area contributed by atoms with Crippen molar-refractivity contribution < 1.29 is 4.79 Å². The summed E-state index contributed by atoms with van der Waals surface area (Å²) >= 11 is 0. The standard InChI is InChI=1S/C23H31N3O/c1-24(2)22-12-13-26(17-22)16-18-8-10-20(11-9-18)21-7-5-6-19(14-21)15-23(27)25(3)4/h5-11,14,22H,12-13,15-17H2,1-4H3. The molecule has 0 aliphatic carbocycles. The molecule has 2 aromatic rings. The Balaban J connectivity index is 1.64. The predicted molar refractivity (Wildman–Crippen MR) is 112 cm³/mol. The Labute approximate surface area is 163 Å². The largest absolute Gasteiger partial charge is 0.349 e. The first-order valence-corrected chi connectivity index (χ1v) is 9.69. The topological polar surface area (TPSA) is 26.8 Å². The molecular weight excluding hydrogens is 334 g/mol. The minimum Gasteiger partial charge on any atom is -0.349 e. The van der Waals surface area contributed by atoms with Crippen molar-refractivity contribution >= 4 is 5.91 Å². The number of carbonyl (C=O) groups is 1. The smallest absolute Gasteiger partial charge is 0.226 e. The number of amides is 1. The van der Waals surface area contributed by atoms with Crippen LogP contribution in [0.25, 0.3) is 11.1 Å². The van der Waals surface area contributed by atoms with Crippen LogP contribution in [0.1, 0.15) is 17.5 Å². The summed E-state index contributed by atoms with van der Waals surface area (Å²) in [6.45, 7) is 3.34. The van der Waals surface area contributed by atoms with Gasteiger partial charge in [-0.05, 0) is 42.8 Å². The lowest BCUT2D eigenvalue weighted by Crippen LogP contribution is -2.31. The van der Waals surface area contributed by atoms with Crippen molar-refractivity contribution in [2.45, 2.75) is 25.4 Å². The van der Waals surface area contributed by atoms with Crippen molar-refractivity contribution in [3.05, 3.63) is 59.7 Å². The fourth-order valence-electron chi connectivity index (χ4n) is 3.63. The number of hydrogen-bond acceptors (Lipinski definition) is 3. The molecule has 0 N–H and O–H groups in total. The predicted octanol–water partition coefficient (Wildman–Crippen LogP) is 3.12. The number of rotatable bonds is 6. The number of likely N-dealkylation sites (tertiary alicyclic amines) is 1. The van der Waals surface area contributed by atoms with E-state index in [0.717, 1.165) is 18.7 Å². The van der Waals surface area contributed by atoms with Crippen molar-refractivity contribution in [3.8, 4) is 11.1 Å². The lowest BCUT2D eigenvalue weighted by atomic mass is 10.0. The highest BCUT2D eigenvalue weighted by Gasteiger charge is 2.23. The minimum atomic E-state index is 0.129. The molecule has 1 saturated heterocycles. The molecule has 2 aromatic carbocycles. The van der Waals surface area contributed by atoms with Crippen LogP contribution in [0.2, 0.25) is 0 Å². The van der Waals surface area contributed by atoms with E-state index in [9.17, 15) is 4.79 Å². The number of hydrogen-bond donors (Lipinski definition) is 0. The second-order valence-electron chi connectivity index (χ2n) is 8.00. The average Bonchev–Trinajstić information content (AvgIpc) is 3.11. The van der Waals surface area contributed by atoms with E-state index in [2.05, 4.69) is 60.3 Å². The summed E-state index contributed by atoms with van der Waals surface area (Å²) in [4.78, 5) is 18.5. The first kappa shape index (κ1) is 19.6. The Morgan fingerprint density at radius 2 is 1.74 bits per heavy atom. The van der Waals surface area contributed by atoms with Gasteiger partial charge in [0.15, 0.2) is 0 Å². The van der Waals surface area contributed by atoms with E-state index in [1.165, 1.54) is 29.7 Å². The van der Waals surface area contributed by atoms with Gasteiger partial charge in [0, 0.05) is 39.8 Å². The minimum absolute atomic E-state index is 0.129. The Bertz CT molecular complexity index is 767. The van der Waals surface area contributed by atoms with Crippen LogP contribution >= 0.6 is 0 Å². The molecule has 0 radical (unpaired) electrons. The van der Waals surface area contributed by atoms with E-state index in [1.807, 2.05) is 12.1 Å². The van der Waals surface area contributed by atoms with Crippen LogP contribution in [0.4, 0.5) is 0 Å². The van der Waals surface area contributed by atoms with Gasteiger partial charge in [0.25, 0.3) is 0 Å². The first-order valence-electron chi connectivity index (χ1n) is 9.69. The maximum Gasteiger partial charge on any atom is 0.226 e. The molecule has 1 heterocycles.